The number of hydrogen-bond acceptors (Lipinski definition) is 4. The van der Waals surface area contributed by atoms with Crippen LogP contribution in [0, 0.1) is 5.92 Å². The third kappa shape index (κ3) is 2.69. The van der Waals surface area contributed by atoms with Crippen molar-refractivity contribution < 1.29 is 8.42 Å². The van der Waals surface area contributed by atoms with E-state index in [-0.39, 0.29) is 12.3 Å². The zero-order valence-electron chi connectivity index (χ0n) is 8.23. The van der Waals surface area contributed by atoms with Crippen LogP contribution in [0.2, 0.25) is 0 Å². The molecule has 1 heterocycles. The largest absolute Gasteiger partial charge is 0.326 e. The Morgan fingerprint density at radius 3 is 2.93 bits per heavy atom. The number of sulfonamides is 1. The minimum absolute atomic E-state index is 0.191. The van der Waals surface area contributed by atoms with Gasteiger partial charge in [0.25, 0.3) is 0 Å². The highest BCUT2D eigenvalue weighted by molar-refractivity contribution is 7.92. The van der Waals surface area contributed by atoms with Gasteiger partial charge in [-0.1, -0.05) is 0 Å². The lowest BCUT2D eigenvalue weighted by Gasteiger charge is -2.06. The van der Waals surface area contributed by atoms with Crippen LogP contribution in [0.25, 0.3) is 0 Å². The second kappa shape index (κ2) is 3.82. The van der Waals surface area contributed by atoms with Gasteiger partial charge in [0.2, 0.25) is 10.0 Å². The summed E-state index contributed by atoms with van der Waals surface area (Å²) in [6, 6.07) is 0. The maximum absolute atomic E-state index is 11.6. The predicted octanol–water partition coefficient (Wildman–Crippen LogP) is 0.0201. The summed E-state index contributed by atoms with van der Waals surface area (Å²) in [5.41, 5.74) is 6.11. The first kappa shape index (κ1) is 10.4. The molecule has 1 fully saturated rings. The molecule has 7 heteroatoms. The van der Waals surface area contributed by atoms with E-state index in [0.29, 0.717) is 17.3 Å². The summed E-state index contributed by atoms with van der Waals surface area (Å²) in [4.78, 5) is 0. The topological polar surface area (TPSA) is 101 Å². The Morgan fingerprint density at radius 2 is 2.33 bits per heavy atom. The Kier molecular flexibility index (Phi) is 2.66. The van der Waals surface area contributed by atoms with Crippen molar-refractivity contribution in [1.29, 1.82) is 0 Å². The van der Waals surface area contributed by atoms with Crippen LogP contribution in [-0.4, -0.2) is 24.4 Å². The minimum atomic E-state index is -3.25. The summed E-state index contributed by atoms with van der Waals surface area (Å²) < 4.78 is 25.7. The number of rotatable bonds is 5. The third-order valence-corrected chi connectivity index (χ3v) is 3.77. The van der Waals surface area contributed by atoms with Gasteiger partial charge in [0, 0.05) is 12.1 Å². The fraction of sp³-hybridized carbons (Fsp3) is 0.625. The molecule has 0 aliphatic heterocycles. The quantitative estimate of drug-likeness (QED) is 0.663. The van der Waals surface area contributed by atoms with Gasteiger partial charge in [-0.05, 0) is 18.8 Å². The molecular formula is C8H14N4O2S. The first-order valence-corrected chi connectivity index (χ1v) is 6.49. The summed E-state index contributed by atoms with van der Waals surface area (Å²) in [5, 5.41) is 6.33. The van der Waals surface area contributed by atoms with E-state index in [2.05, 4.69) is 14.9 Å². The molecule has 0 radical (unpaired) electrons. The van der Waals surface area contributed by atoms with Crippen LogP contribution in [0.4, 0.5) is 5.82 Å². The average Bonchev–Trinajstić information content (AvgIpc) is 2.82. The van der Waals surface area contributed by atoms with Crippen molar-refractivity contribution in [2.75, 3.05) is 10.5 Å². The van der Waals surface area contributed by atoms with E-state index in [4.69, 9.17) is 5.73 Å². The van der Waals surface area contributed by atoms with Crippen LogP contribution < -0.4 is 10.5 Å². The molecule has 1 aliphatic rings. The molecule has 0 saturated heterocycles. The Labute approximate surface area is 88.3 Å². The highest BCUT2D eigenvalue weighted by Gasteiger charge is 2.28. The van der Waals surface area contributed by atoms with Crippen molar-refractivity contribution in [3.63, 3.8) is 0 Å². The number of aromatic amines is 1. The lowest BCUT2D eigenvalue weighted by molar-refractivity contribution is 0.597. The molecule has 1 aromatic heterocycles. The molecule has 4 N–H and O–H groups in total. The Bertz CT molecular complexity index is 435. The zero-order chi connectivity index (χ0) is 10.9. The molecule has 1 aliphatic carbocycles. The monoisotopic (exact) mass is 230 g/mol. The van der Waals surface area contributed by atoms with Gasteiger partial charge < -0.3 is 5.73 Å². The number of nitrogens with one attached hydrogen (secondary N) is 2. The molecule has 0 aromatic carbocycles. The van der Waals surface area contributed by atoms with Crippen molar-refractivity contribution in [1.82, 2.24) is 10.2 Å². The molecular weight excluding hydrogens is 216 g/mol. The van der Waals surface area contributed by atoms with Crippen molar-refractivity contribution in [3.8, 4) is 0 Å². The normalized spacial score (nSPS) is 16.6. The molecule has 0 spiro atoms. The number of nitrogens with zero attached hydrogens (tertiary/aromatic N) is 1. The van der Waals surface area contributed by atoms with Gasteiger partial charge in [0.05, 0.1) is 11.9 Å². The smallest absolute Gasteiger partial charge is 0.234 e. The van der Waals surface area contributed by atoms with Gasteiger partial charge in [0.1, 0.15) is 5.82 Å². The molecule has 0 bridgehead atoms. The zero-order valence-corrected chi connectivity index (χ0v) is 9.05. The minimum Gasteiger partial charge on any atom is -0.326 e. The fourth-order valence-electron chi connectivity index (χ4n) is 1.35. The third-order valence-electron chi connectivity index (χ3n) is 2.35. The van der Waals surface area contributed by atoms with E-state index in [1.807, 2.05) is 0 Å². The van der Waals surface area contributed by atoms with E-state index in [1.54, 1.807) is 0 Å². The summed E-state index contributed by atoms with van der Waals surface area (Å²) in [6.07, 6.45) is 3.54. The van der Waals surface area contributed by atoms with Gasteiger partial charge in [0.15, 0.2) is 0 Å². The SMILES string of the molecule is NCc1cn[nH]c1NS(=O)(=O)CC1CC1. The lowest BCUT2D eigenvalue weighted by Crippen LogP contribution is -2.19. The highest BCUT2D eigenvalue weighted by atomic mass is 32.2. The molecule has 0 atom stereocenters. The number of hydrogen-bond donors (Lipinski definition) is 3. The van der Waals surface area contributed by atoms with Crippen LogP contribution in [0.3, 0.4) is 0 Å². The van der Waals surface area contributed by atoms with Gasteiger partial charge in [-0.2, -0.15) is 5.10 Å². The summed E-state index contributed by atoms with van der Waals surface area (Å²) in [6.45, 7) is 0.262. The maximum Gasteiger partial charge on any atom is 0.234 e. The Hall–Kier alpha value is -1.08. The standard InChI is InChI=1S/C8H14N4O2S/c9-3-7-4-10-11-8(7)12-15(13,14)5-6-1-2-6/h4,6H,1-3,5,9H2,(H2,10,11,12). The Morgan fingerprint density at radius 1 is 1.60 bits per heavy atom. The van der Waals surface area contributed by atoms with Crippen molar-refractivity contribution in [2.45, 2.75) is 19.4 Å². The Balaban J connectivity index is 2.06. The van der Waals surface area contributed by atoms with Crippen molar-refractivity contribution in [3.05, 3.63) is 11.8 Å². The van der Waals surface area contributed by atoms with Gasteiger partial charge in [-0.3, -0.25) is 9.82 Å². The van der Waals surface area contributed by atoms with Gasteiger partial charge in [-0.15, -0.1) is 0 Å². The molecule has 1 aromatic rings. The predicted molar refractivity (Wildman–Crippen MR) is 56.6 cm³/mol. The van der Waals surface area contributed by atoms with Gasteiger partial charge in [-0.25, -0.2) is 8.42 Å². The van der Waals surface area contributed by atoms with Gasteiger partial charge >= 0.3 is 0 Å². The van der Waals surface area contributed by atoms with E-state index >= 15 is 0 Å². The van der Waals surface area contributed by atoms with Crippen LogP contribution in [0.1, 0.15) is 18.4 Å². The molecule has 0 amide bonds. The summed E-state index contributed by atoms with van der Waals surface area (Å²) in [7, 11) is -3.25. The highest BCUT2D eigenvalue weighted by Crippen LogP contribution is 2.30. The first-order chi connectivity index (χ1) is 7.11. The number of anilines is 1. The van der Waals surface area contributed by atoms with Crippen molar-refractivity contribution >= 4 is 15.8 Å². The number of H-pyrrole nitrogens is 1. The van der Waals surface area contributed by atoms with E-state index in [0.717, 1.165) is 12.8 Å². The van der Waals surface area contributed by atoms with E-state index < -0.39 is 10.0 Å². The second-order valence-corrected chi connectivity index (χ2v) is 5.57. The second-order valence-electron chi connectivity index (χ2n) is 3.80. The first-order valence-electron chi connectivity index (χ1n) is 4.83. The molecule has 84 valence electrons. The fourth-order valence-corrected chi connectivity index (χ4v) is 2.87. The lowest BCUT2D eigenvalue weighted by atomic mass is 10.3. The molecule has 0 unspecified atom stereocenters. The number of aromatic nitrogens is 2. The molecule has 2 rings (SSSR count). The van der Waals surface area contributed by atoms with Crippen LogP contribution in [0.15, 0.2) is 6.20 Å². The van der Waals surface area contributed by atoms with E-state index in [9.17, 15) is 8.42 Å². The molecule has 15 heavy (non-hydrogen) atoms. The van der Waals surface area contributed by atoms with E-state index in [1.165, 1.54) is 6.20 Å². The van der Waals surface area contributed by atoms with Crippen LogP contribution in [0.5, 0.6) is 0 Å². The van der Waals surface area contributed by atoms with Crippen LogP contribution in [-0.2, 0) is 16.6 Å². The summed E-state index contributed by atoms with van der Waals surface area (Å²) in [5.74, 6) is 0.903. The molecule has 6 nitrogen and oxygen atoms in total. The summed E-state index contributed by atoms with van der Waals surface area (Å²) >= 11 is 0. The van der Waals surface area contributed by atoms with Crippen LogP contribution >= 0.6 is 0 Å². The van der Waals surface area contributed by atoms with Crippen molar-refractivity contribution in [2.24, 2.45) is 11.7 Å². The maximum atomic E-state index is 11.6. The number of nitrogens with two attached hydrogens (primary N) is 1. The molecule has 1 saturated carbocycles. The average molecular weight is 230 g/mol.